The minimum Gasteiger partial charge on any atom is -0.507 e. The maximum absolute atomic E-state index is 13.5. The third kappa shape index (κ3) is 2.12. The van der Waals surface area contributed by atoms with Crippen molar-refractivity contribution in [2.24, 2.45) is 5.92 Å². The monoisotopic (exact) mass is 209 g/mol. The number of phenols is 1. The van der Waals surface area contributed by atoms with Crippen LogP contribution in [0.4, 0.5) is 4.39 Å². The second-order valence-corrected chi connectivity index (χ2v) is 4.25. The number of phenolic OH excluding ortho intramolecular Hbond substituents is 1. The number of nitrogens with one attached hydrogen (secondary N) is 1. The number of benzene rings is 1. The van der Waals surface area contributed by atoms with E-state index in [0.717, 1.165) is 25.1 Å². The van der Waals surface area contributed by atoms with E-state index in [2.05, 4.69) is 5.32 Å². The first kappa shape index (κ1) is 10.4. The summed E-state index contributed by atoms with van der Waals surface area (Å²) in [7, 11) is 0. The van der Waals surface area contributed by atoms with Gasteiger partial charge in [-0.05, 0) is 50.4 Å². The van der Waals surface area contributed by atoms with Gasteiger partial charge in [0.15, 0.2) is 0 Å². The summed E-state index contributed by atoms with van der Waals surface area (Å²) in [5, 5.41) is 13.0. The Morgan fingerprint density at radius 2 is 2.33 bits per heavy atom. The lowest BCUT2D eigenvalue weighted by Gasteiger charge is -2.12. The SMILES string of the molecule is Cc1ccc(F)c(CC2CCNC2)c1O. The van der Waals surface area contributed by atoms with Gasteiger partial charge in [0.25, 0.3) is 0 Å². The second kappa shape index (κ2) is 4.19. The molecule has 1 saturated heterocycles. The van der Waals surface area contributed by atoms with Crippen molar-refractivity contribution in [2.45, 2.75) is 19.8 Å². The van der Waals surface area contributed by atoms with Crippen molar-refractivity contribution in [1.82, 2.24) is 5.32 Å². The Labute approximate surface area is 89.1 Å². The summed E-state index contributed by atoms with van der Waals surface area (Å²) in [6.45, 7) is 3.72. The molecule has 2 nitrogen and oxygen atoms in total. The molecule has 1 aromatic rings. The normalized spacial score (nSPS) is 20.8. The van der Waals surface area contributed by atoms with Crippen LogP contribution >= 0.6 is 0 Å². The van der Waals surface area contributed by atoms with Gasteiger partial charge in [-0.25, -0.2) is 4.39 Å². The lowest BCUT2D eigenvalue weighted by atomic mass is 9.96. The van der Waals surface area contributed by atoms with Crippen LogP contribution in [-0.2, 0) is 6.42 Å². The molecule has 0 radical (unpaired) electrons. The lowest BCUT2D eigenvalue weighted by Crippen LogP contribution is -2.11. The van der Waals surface area contributed by atoms with E-state index in [1.54, 1.807) is 13.0 Å². The van der Waals surface area contributed by atoms with Gasteiger partial charge in [0.1, 0.15) is 11.6 Å². The Morgan fingerprint density at radius 1 is 1.53 bits per heavy atom. The van der Waals surface area contributed by atoms with Crippen molar-refractivity contribution < 1.29 is 9.50 Å². The van der Waals surface area contributed by atoms with Crippen LogP contribution in [0.2, 0.25) is 0 Å². The summed E-state index contributed by atoms with van der Waals surface area (Å²) < 4.78 is 13.5. The zero-order valence-corrected chi connectivity index (χ0v) is 8.89. The van der Waals surface area contributed by atoms with Gasteiger partial charge >= 0.3 is 0 Å². The molecule has 0 saturated carbocycles. The fourth-order valence-corrected chi connectivity index (χ4v) is 2.10. The molecule has 1 aliphatic heterocycles. The fourth-order valence-electron chi connectivity index (χ4n) is 2.10. The molecule has 82 valence electrons. The van der Waals surface area contributed by atoms with Gasteiger partial charge in [0.2, 0.25) is 0 Å². The molecule has 1 unspecified atom stereocenters. The Hall–Kier alpha value is -1.09. The van der Waals surface area contributed by atoms with E-state index in [4.69, 9.17) is 0 Å². The molecule has 2 rings (SSSR count). The van der Waals surface area contributed by atoms with Crippen LogP contribution in [0.25, 0.3) is 0 Å². The van der Waals surface area contributed by atoms with Gasteiger partial charge in [-0.2, -0.15) is 0 Å². The number of halogens is 1. The third-order valence-corrected chi connectivity index (χ3v) is 3.08. The first-order chi connectivity index (χ1) is 7.18. The molecular formula is C12H16FNO. The molecule has 0 spiro atoms. The molecule has 2 N–H and O–H groups in total. The van der Waals surface area contributed by atoms with Gasteiger partial charge in [-0.15, -0.1) is 0 Å². The van der Waals surface area contributed by atoms with Crippen molar-refractivity contribution >= 4 is 0 Å². The first-order valence-electron chi connectivity index (χ1n) is 5.36. The quantitative estimate of drug-likeness (QED) is 0.780. The molecule has 15 heavy (non-hydrogen) atoms. The lowest BCUT2D eigenvalue weighted by molar-refractivity contribution is 0.442. The van der Waals surface area contributed by atoms with E-state index in [9.17, 15) is 9.50 Å². The van der Waals surface area contributed by atoms with Crippen molar-refractivity contribution in [1.29, 1.82) is 0 Å². The van der Waals surface area contributed by atoms with Crippen LogP contribution in [0.3, 0.4) is 0 Å². The number of aryl methyl sites for hydroxylation is 1. The van der Waals surface area contributed by atoms with E-state index >= 15 is 0 Å². The van der Waals surface area contributed by atoms with Gasteiger partial charge in [-0.1, -0.05) is 6.07 Å². The van der Waals surface area contributed by atoms with Crippen molar-refractivity contribution in [3.05, 3.63) is 29.1 Å². The first-order valence-corrected chi connectivity index (χ1v) is 5.36. The van der Waals surface area contributed by atoms with Crippen LogP contribution < -0.4 is 5.32 Å². The Balaban J connectivity index is 2.22. The van der Waals surface area contributed by atoms with Crippen LogP contribution in [0.1, 0.15) is 17.5 Å². The van der Waals surface area contributed by atoms with E-state index in [1.165, 1.54) is 6.07 Å². The summed E-state index contributed by atoms with van der Waals surface area (Å²) >= 11 is 0. The standard InChI is InChI=1S/C12H16FNO/c1-8-2-3-11(13)10(12(8)15)6-9-4-5-14-7-9/h2-3,9,14-15H,4-7H2,1H3. The highest BCUT2D eigenvalue weighted by Gasteiger charge is 2.19. The minimum absolute atomic E-state index is 0.127. The molecule has 0 bridgehead atoms. The molecular weight excluding hydrogens is 193 g/mol. The summed E-state index contributed by atoms with van der Waals surface area (Å²) in [4.78, 5) is 0. The summed E-state index contributed by atoms with van der Waals surface area (Å²) in [5.41, 5.74) is 1.22. The molecule has 1 atom stereocenters. The Kier molecular flexibility index (Phi) is 2.91. The molecule has 3 heteroatoms. The topological polar surface area (TPSA) is 32.3 Å². The predicted molar refractivity (Wildman–Crippen MR) is 57.5 cm³/mol. The van der Waals surface area contributed by atoms with E-state index in [1.807, 2.05) is 0 Å². The summed E-state index contributed by atoms with van der Waals surface area (Å²) in [5.74, 6) is 0.291. The van der Waals surface area contributed by atoms with E-state index in [-0.39, 0.29) is 11.6 Å². The largest absolute Gasteiger partial charge is 0.507 e. The average molecular weight is 209 g/mol. The number of rotatable bonds is 2. The maximum atomic E-state index is 13.5. The molecule has 0 amide bonds. The third-order valence-electron chi connectivity index (χ3n) is 3.08. The highest BCUT2D eigenvalue weighted by molar-refractivity contribution is 5.40. The number of hydrogen-bond donors (Lipinski definition) is 2. The molecule has 1 aliphatic rings. The average Bonchev–Trinajstić information content (AvgIpc) is 2.71. The summed E-state index contributed by atoms with van der Waals surface area (Å²) in [6, 6.07) is 3.05. The van der Waals surface area contributed by atoms with E-state index < -0.39 is 0 Å². The maximum Gasteiger partial charge on any atom is 0.130 e. The summed E-state index contributed by atoms with van der Waals surface area (Å²) in [6.07, 6.45) is 1.69. The Bertz CT molecular complexity index is 359. The molecule has 1 fully saturated rings. The molecule has 1 aromatic carbocycles. The van der Waals surface area contributed by atoms with Crippen LogP contribution in [0, 0.1) is 18.7 Å². The van der Waals surface area contributed by atoms with Crippen LogP contribution in [-0.4, -0.2) is 18.2 Å². The zero-order valence-electron chi connectivity index (χ0n) is 8.89. The minimum atomic E-state index is -0.287. The highest BCUT2D eigenvalue weighted by atomic mass is 19.1. The smallest absolute Gasteiger partial charge is 0.130 e. The van der Waals surface area contributed by atoms with Gasteiger partial charge < -0.3 is 10.4 Å². The van der Waals surface area contributed by atoms with Crippen molar-refractivity contribution in [3.8, 4) is 5.75 Å². The number of aromatic hydroxyl groups is 1. The zero-order chi connectivity index (χ0) is 10.8. The molecule has 0 aromatic heterocycles. The van der Waals surface area contributed by atoms with Crippen molar-refractivity contribution in [3.63, 3.8) is 0 Å². The van der Waals surface area contributed by atoms with Gasteiger partial charge in [-0.3, -0.25) is 0 Å². The van der Waals surface area contributed by atoms with E-state index in [0.29, 0.717) is 17.9 Å². The highest BCUT2D eigenvalue weighted by Crippen LogP contribution is 2.28. The Morgan fingerprint density at radius 3 is 3.00 bits per heavy atom. The number of hydrogen-bond acceptors (Lipinski definition) is 2. The molecule has 1 heterocycles. The van der Waals surface area contributed by atoms with Gasteiger partial charge in [0.05, 0.1) is 0 Å². The fraction of sp³-hybridized carbons (Fsp3) is 0.500. The van der Waals surface area contributed by atoms with Gasteiger partial charge in [0, 0.05) is 5.56 Å². The van der Waals surface area contributed by atoms with Crippen LogP contribution in [0.5, 0.6) is 5.75 Å². The van der Waals surface area contributed by atoms with Crippen LogP contribution in [0.15, 0.2) is 12.1 Å². The second-order valence-electron chi connectivity index (χ2n) is 4.25. The molecule has 0 aliphatic carbocycles. The van der Waals surface area contributed by atoms with Crippen molar-refractivity contribution in [2.75, 3.05) is 13.1 Å². The predicted octanol–water partition coefficient (Wildman–Crippen LogP) is 1.99.